The molecule has 1 heterocycles. The Morgan fingerprint density at radius 2 is 1.81 bits per heavy atom. The maximum absolute atomic E-state index is 12.6. The molecule has 4 rings (SSSR count). The van der Waals surface area contributed by atoms with Crippen LogP contribution in [0, 0.1) is 52.3 Å². The van der Waals surface area contributed by atoms with Gasteiger partial charge in [0.05, 0.1) is 0 Å². The summed E-state index contributed by atoms with van der Waals surface area (Å²) in [6.45, 7) is 14.9. The summed E-state index contributed by atoms with van der Waals surface area (Å²) in [5.74, 6) is 6.10. The first-order chi connectivity index (χ1) is 15.1. The molecule has 0 radical (unpaired) electrons. The van der Waals surface area contributed by atoms with Gasteiger partial charge < -0.3 is 4.90 Å². The SMILES string of the molecule is CCCC1C=C2N(C)C(=O)CC[C@]2(C)C2CC[C@]3(C)C(C(C)CCCC(C)C)CCC3C12. The van der Waals surface area contributed by atoms with Crippen LogP contribution in [0.2, 0.25) is 0 Å². The molecule has 1 aliphatic heterocycles. The number of amides is 1. The third kappa shape index (κ3) is 3.90. The summed E-state index contributed by atoms with van der Waals surface area (Å²) in [5, 5.41) is 0. The van der Waals surface area contributed by atoms with Crippen molar-refractivity contribution < 1.29 is 4.79 Å². The first-order valence-corrected chi connectivity index (χ1v) is 14.1. The molecule has 8 atom stereocenters. The van der Waals surface area contributed by atoms with Gasteiger partial charge in [-0.05, 0) is 85.4 Å². The molecule has 1 amide bonds. The van der Waals surface area contributed by atoms with Gasteiger partial charge in [0.25, 0.3) is 0 Å². The van der Waals surface area contributed by atoms with Gasteiger partial charge in [-0.25, -0.2) is 0 Å². The second-order valence-corrected chi connectivity index (χ2v) is 13.2. The van der Waals surface area contributed by atoms with E-state index in [-0.39, 0.29) is 5.41 Å². The van der Waals surface area contributed by atoms with E-state index >= 15 is 0 Å². The molecule has 2 heteroatoms. The first-order valence-electron chi connectivity index (χ1n) is 14.1. The molecule has 32 heavy (non-hydrogen) atoms. The van der Waals surface area contributed by atoms with Gasteiger partial charge in [-0.3, -0.25) is 4.79 Å². The summed E-state index contributed by atoms with van der Waals surface area (Å²) in [6, 6.07) is 0. The van der Waals surface area contributed by atoms with E-state index in [9.17, 15) is 4.79 Å². The fourth-order valence-electron chi connectivity index (χ4n) is 9.34. The quantitative estimate of drug-likeness (QED) is 0.391. The third-order valence-electron chi connectivity index (χ3n) is 11.0. The molecule has 2 saturated carbocycles. The first kappa shape index (κ1) is 24.3. The number of nitrogens with zero attached hydrogens (tertiary/aromatic N) is 1. The fraction of sp³-hybridized carbons (Fsp3) is 0.900. The zero-order valence-electron chi connectivity index (χ0n) is 22.3. The second-order valence-electron chi connectivity index (χ2n) is 13.2. The van der Waals surface area contributed by atoms with E-state index in [4.69, 9.17) is 0 Å². The van der Waals surface area contributed by atoms with Crippen LogP contribution in [0.4, 0.5) is 0 Å². The molecule has 2 nitrogen and oxygen atoms in total. The van der Waals surface area contributed by atoms with Gasteiger partial charge in [0, 0.05) is 24.6 Å². The lowest BCUT2D eigenvalue weighted by Gasteiger charge is -2.61. The Kier molecular flexibility index (Phi) is 6.92. The summed E-state index contributed by atoms with van der Waals surface area (Å²) < 4.78 is 0. The molecule has 0 aromatic heterocycles. The topological polar surface area (TPSA) is 20.3 Å². The van der Waals surface area contributed by atoms with Crippen molar-refractivity contribution in [3.05, 3.63) is 11.8 Å². The number of hydrogen-bond donors (Lipinski definition) is 0. The van der Waals surface area contributed by atoms with E-state index in [0.29, 0.717) is 17.2 Å². The zero-order chi connectivity index (χ0) is 23.3. The smallest absolute Gasteiger partial charge is 0.226 e. The highest BCUT2D eigenvalue weighted by Gasteiger charge is 2.61. The average molecular weight is 442 g/mol. The normalized spacial score (nSPS) is 42.4. The zero-order valence-corrected chi connectivity index (χ0v) is 22.3. The number of piperidine rings is 1. The summed E-state index contributed by atoms with van der Waals surface area (Å²) in [7, 11) is 2.05. The van der Waals surface area contributed by atoms with Crippen LogP contribution in [0.5, 0.6) is 0 Å². The largest absolute Gasteiger partial charge is 0.319 e. The van der Waals surface area contributed by atoms with Crippen molar-refractivity contribution in [2.24, 2.45) is 52.3 Å². The number of carbonyl (C=O) groups is 1. The predicted octanol–water partition coefficient (Wildman–Crippen LogP) is 8.08. The van der Waals surface area contributed by atoms with Crippen LogP contribution in [-0.4, -0.2) is 17.9 Å². The fourth-order valence-corrected chi connectivity index (χ4v) is 9.34. The van der Waals surface area contributed by atoms with E-state index in [1.54, 1.807) is 0 Å². The highest BCUT2D eigenvalue weighted by atomic mass is 16.2. The summed E-state index contributed by atoms with van der Waals surface area (Å²) >= 11 is 0. The van der Waals surface area contributed by atoms with Gasteiger partial charge in [0.1, 0.15) is 0 Å². The van der Waals surface area contributed by atoms with Gasteiger partial charge in [-0.2, -0.15) is 0 Å². The Morgan fingerprint density at radius 1 is 1.06 bits per heavy atom. The van der Waals surface area contributed by atoms with Crippen LogP contribution < -0.4 is 0 Å². The average Bonchev–Trinajstić information content (AvgIpc) is 3.09. The molecule has 0 bridgehead atoms. The lowest BCUT2D eigenvalue weighted by molar-refractivity contribution is -0.137. The van der Waals surface area contributed by atoms with Crippen molar-refractivity contribution >= 4 is 5.91 Å². The Bertz CT molecular complexity index is 724. The molecule has 6 unspecified atom stereocenters. The van der Waals surface area contributed by atoms with Crippen LogP contribution in [0.25, 0.3) is 0 Å². The minimum atomic E-state index is 0.208. The van der Waals surface area contributed by atoms with Crippen molar-refractivity contribution in [1.82, 2.24) is 4.90 Å². The van der Waals surface area contributed by atoms with Gasteiger partial charge in [0.15, 0.2) is 0 Å². The molecule has 0 N–H and O–H groups in total. The monoisotopic (exact) mass is 441 g/mol. The summed E-state index contributed by atoms with van der Waals surface area (Å²) in [5.41, 5.74) is 2.12. The van der Waals surface area contributed by atoms with Gasteiger partial charge >= 0.3 is 0 Å². The van der Waals surface area contributed by atoms with Crippen molar-refractivity contribution in [3.8, 4) is 0 Å². The van der Waals surface area contributed by atoms with E-state index in [2.05, 4.69) is 47.6 Å². The van der Waals surface area contributed by atoms with E-state index in [1.807, 2.05) is 11.9 Å². The molecule has 3 fully saturated rings. The lowest BCUT2D eigenvalue weighted by Crippen LogP contribution is -2.56. The number of rotatable bonds is 7. The maximum atomic E-state index is 12.6. The predicted molar refractivity (Wildman–Crippen MR) is 135 cm³/mol. The number of hydrogen-bond acceptors (Lipinski definition) is 1. The number of carbonyl (C=O) groups excluding carboxylic acids is 1. The van der Waals surface area contributed by atoms with Crippen molar-refractivity contribution in [2.75, 3.05) is 7.05 Å². The lowest BCUT2D eigenvalue weighted by atomic mass is 9.46. The number of allylic oxidation sites excluding steroid dienone is 2. The van der Waals surface area contributed by atoms with Gasteiger partial charge in [-0.1, -0.05) is 73.3 Å². The maximum Gasteiger partial charge on any atom is 0.226 e. The Morgan fingerprint density at radius 3 is 2.50 bits per heavy atom. The molecule has 1 saturated heterocycles. The van der Waals surface area contributed by atoms with Crippen molar-refractivity contribution in [1.29, 1.82) is 0 Å². The van der Waals surface area contributed by atoms with E-state index in [1.165, 1.54) is 63.5 Å². The molecular weight excluding hydrogens is 390 g/mol. The standard InChI is InChI=1S/C30H51NO/c1-8-10-22-19-26-30(6,18-16-27(32)31(26)7)25-15-17-29(5)23(13-14-24(29)28(22)25)21(4)12-9-11-20(2)3/h19-25,28H,8-18H2,1-7H3/t21?,22?,23?,24?,25?,28?,29-,30-/m1/s1. The van der Waals surface area contributed by atoms with Crippen LogP contribution in [0.1, 0.15) is 112 Å². The van der Waals surface area contributed by atoms with Crippen LogP contribution >= 0.6 is 0 Å². The van der Waals surface area contributed by atoms with Crippen LogP contribution in [0.3, 0.4) is 0 Å². The van der Waals surface area contributed by atoms with Crippen LogP contribution in [-0.2, 0) is 4.79 Å². The molecule has 0 aromatic rings. The van der Waals surface area contributed by atoms with E-state index in [0.717, 1.165) is 48.3 Å². The Balaban J connectivity index is 1.61. The molecule has 0 spiro atoms. The number of fused-ring (bicyclic) bond motifs is 5. The minimum Gasteiger partial charge on any atom is -0.319 e. The molecule has 0 aromatic carbocycles. The van der Waals surface area contributed by atoms with Crippen LogP contribution in [0.15, 0.2) is 11.8 Å². The van der Waals surface area contributed by atoms with Crippen molar-refractivity contribution in [3.63, 3.8) is 0 Å². The van der Waals surface area contributed by atoms with Gasteiger partial charge in [-0.15, -0.1) is 0 Å². The van der Waals surface area contributed by atoms with Gasteiger partial charge in [0.2, 0.25) is 5.91 Å². The molecule has 182 valence electrons. The Hall–Kier alpha value is -0.790. The summed E-state index contributed by atoms with van der Waals surface area (Å²) in [6.07, 6.45) is 16.9. The molecule has 3 aliphatic carbocycles. The second kappa shape index (κ2) is 9.10. The minimum absolute atomic E-state index is 0.208. The molecular formula is C30H51NO. The third-order valence-corrected chi connectivity index (χ3v) is 11.0. The van der Waals surface area contributed by atoms with Crippen molar-refractivity contribution in [2.45, 2.75) is 112 Å². The molecule has 4 aliphatic rings. The summed E-state index contributed by atoms with van der Waals surface area (Å²) in [4.78, 5) is 14.6. The van der Waals surface area contributed by atoms with E-state index < -0.39 is 0 Å². The highest BCUT2D eigenvalue weighted by molar-refractivity contribution is 5.79. The highest BCUT2D eigenvalue weighted by Crippen LogP contribution is 2.68. The Labute approximate surface area is 199 Å². The number of likely N-dealkylation sites (tertiary alicyclic amines) is 1.